The number of aliphatic hydroxyl groups excluding tert-OH is 1. The summed E-state index contributed by atoms with van der Waals surface area (Å²) in [5.41, 5.74) is 3.87. The molecule has 0 spiro atoms. The molecule has 1 aromatic heterocycles. The summed E-state index contributed by atoms with van der Waals surface area (Å²) in [6.07, 6.45) is -4.73. The van der Waals surface area contributed by atoms with Gasteiger partial charge in [-0.1, -0.05) is 44.1 Å². The Morgan fingerprint density at radius 3 is 2.59 bits per heavy atom. The number of rotatable bonds is 12. The predicted octanol–water partition coefficient (Wildman–Crippen LogP) is 2.37. The van der Waals surface area contributed by atoms with Crippen LogP contribution in [0.5, 0.6) is 0 Å². The summed E-state index contributed by atoms with van der Waals surface area (Å²) in [5.74, 6) is -0.751. The number of hydrogen-bond donors (Lipinski definition) is 3. The summed E-state index contributed by atoms with van der Waals surface area (Å²) in [6, 6.07) is 0.0527. The first-order valence-corrected chi connectivity index (χ1v) is 14.9. The average Bonchev–Trinajstić information content (AvgIpc) is 3.03. The van der Waals surface area contributed by atoms with Crippen molar-refractivity contribution in [3.8, 4) is 0 Å². The lowest BCUT2D eigenvalue weighted by atomic mass is 10.00. The third-order valence-corrected chi connectivity index (χ3v) is 8.51. The highest BCUT2D eigenvalue weighted by Gasteiger charge is 2.58. The lowest BCUT2D eigenvalue weighted by molar-refractivity contribution is -0.149. The first-order valence-electron chi connectivity index (χ1n) is 12.0. The maximum atomic E-state index is 15.3. The fourth-order valence-corrected chi connectivity index (χ4v) is 5.81. The minimum atomic E-state index is -4.33. The Kier molecular flexibility index (Phi) is 11.5. The largest absolute Gasteiger partial charge is 0.462 e. The highest BCUT2D eigenvalue weighted by atomic mass is 35.5. The lowest BCUT2D eigenvalue weighted by Crippen LogP contribution is -2.41. The Bertz CT molecular complexity index is 1130. The van der Waals surface area contributed by atoms with E-state index >= 15 is 4.39 Å². The standard InChI is InChI=1S/C22H35ClFN4O9PS/c1-12(2)36-17(30)13(3)27-38(33,34-9-10-39-19(31)21(4,5)6)35-11-14-16(29)22(23,24)18(37-14)28-8-7-15(25)26-20(28)32/h7-8,12-14,16,18,29H,9-11H2,1-6H3,(H,27,33)(H2,25,26,32)/t13-,14-,16-,18-,22+,38?/m1/s1. The van der Waals surface area contributed by atoms with Gasteiger partial charge in [0.15, 0.2) is 11.3 Å². The molecule has 1 unspecified atom stereocenters. The monoisotopic (exact) mass is 616 g/mol. The van der Waals surface area contributed by atoms with Crippen LogP contribution in [0.25, 0.3) is 0 Å². The molecule has 2 rings (SSSR count). The Hall–Kier alpha value is -1.58. The number of ether oxygens (including phenoxy) is 2. The molecule has 222 valence electrons. The van der Waals surface area contributed by atoms with Gasteiger partial charge in [0.1, 0.15) is 24.1 Å². The number of aromatic nitrogens is 2. The second-order valence-electron chi connectivity index (χ2n) is 10.0. The Labute approximate surface area is 234 Å². The van der Waals surface area contributed by atoms with E-state index in [2.05, 4.69) is 10.1 Å². The molecule has 1 fully saturated rings. The van der Waals surface area contributed by atoms with Crippen LogP contribution in [-0.2, 0) is 32.7 Å². The van der Waals surface area contributed by atoms with Crippen LogP contribution < -0.4 is 16.5 Å². The first-order chi connectivity index (χ1) is 17.9. The smallest absolute Gasteiger partial charge is 0.406 e. The number of carbonyl (C=O) groups is 2. The normalized spacial score (nSPS) is 25.8. The Morgan fingerprint density at radius 2 is 2.03 bits per heavy atom. The van der Waals surface area contributed by atoms with Gasteiger partial charge >= 0.3 is 19.4 Å². The molecule has 6 atom stereocenters. The van der Waals surface area contributed by atoms with Crippen molar-refractivity contribution in [2.45, 2.75) is 77.3 Å². The van der Waals surface area contributed by atoms with Crippen LogP contribution in [0.15, 0.2) is 17.1 Å². The van der Waals surface area contributed by atoms with Gasteiger partial charge in [-0.3, -0.25) is 23.2 Å². The molecule has 1 aliphatic heterocycles. The van der Waals surface area contributed by atoms with Crippen molar-refractivity contribution in [1.82, 2.24) is 14.6 Å². The summed E-state index contributed by atoms with van der Waals surface area (Å²) in [5, 5.41) is 9.79. The molecule has 39 heavy (non-hydrogen) atoms. The number of nitrogens with zero attached hydrogens (tertiary/aromatic N) is 2. The third-order valence-electron chi connectivity index (χ3n) is 5.14. The predicted molar refractivity (Wildman–Crippen MR) is 143 cm³/mol. The Morgan fingerprint density at radius 1 is 1.38 bits per heavy atom. The summed E-state index contributed by atoms with van der Waals surface area (Å²) >= 11 is 6.85. The van der Waals surface area contributed by atoms with Crippen molar-refractivity contribution in [1.29, 1.82) is 0 Å². The quantitative estimate of drug-likeness (QED) is 0.135. The number of hydrogen-bond acceptors (Lipinski definition) is 12. The molecule has 1 aromatic rings. The molecule has 1 aliphatic rings. The van der Waals surface area contributed by atoms with Gasteiger partial charge in [-0.25, -0.2) is 18.8 Å². The van der Waals surface area contributed by atoms with Crippen LogP contribution >= 0.6 is 31.1 Å². The minimum Gasteiger partial charge on any atom is -0.462 e. The molecule has 0 aliphatic carbocycles. The molecule has 17 heteroatoms. The molecular weight excluding hydrogens is 582 g/mol. The molecule has 2 heterocycles. The molecule has 0 amide bonds. The lowest BCUT2D eigenvalue weighted by Gasteiger charge is -2.25. The summed E-state index contributed by atoms with van der Waals surface area (Å²) in [4.78, 5) is 40.1. The van der Waals surface area contributed by atoms with Crippen molar-refractivity contribution >= 4 is 48.0 Å². The maximum absolute atomic E-state index is 15.3. The van der Waals surface area contributed by atoms with E-state index in [1.54, 1.807) is 34.6 Å². The van der Waals surface area contributed by atoms with Gasteiger partial charge in [-0.15, -0.1) is 0 Å². The molecule has 4 N–H and O–H groups in total. The number of carbonyl (C=O) groups excluding carboxylic acids is 2. The van der Waals surface area contributed by atoms with Gasteiger partial charge in [0.25, 0.3) is 5.13 Å². The summed E-state index contributed by atoms with van der Waals surface area (Å²) in [6.45, 7) is 8.92. The van der Waals surface area contributed by atoms with Crippen molar-refractivity contribution in [3.63, 3.8) is 0 Å². The Balaban J connectivity index is 2.16. The van der Waals surface area contributed by atoms with E-state index < -0.39 is 67.1 Å². The highest BCUT2D eigenvalue weighted by Crippen LogP contribution is 2.48. The van der Waals surface area contributed by atoms with E-state index in [9.17, 15) is 24.1 Å². The number of anilines is 1. The van der Waals surface area contributed by atoms with Crippen LogP contribution in [0.2, 0.25) is 0 Å². The van der Waals surface area contributed by atoms with E-state index in [-0.39, 0.29) is 23.3 Å². The van der Waals surface area contributed by atoms with E-state index in [0.29, 0.717) is 4.57 Å². The minimum absolute atomic E-state index is 0.114. The average molecular weight is 617 g/mol. The van der Waals surface area contributed by atoms with Crippen LogP contribution in [0.1, 0.15) is 47.8 Å². The van der Waals surface area contributed by atoms with Gasteiger partial charge in [0, 0.05) is 17.4 Å². The SMILES string of the molecule is CC(C)OC(=O)[C@@H](C)NP(=O)(OCCSC(=O)C(C)(C)C)OC[C@H]1O[C@@H](n2ccc(N)nc2=O)[C@](F)(Cl)[C@@H]1O. The summed E-state index contributed by atoms with van der Waals surface area (Å²) < 4.78 is 50.8. The zero-order valence-electron chi connectivity index (χ0n) is 22.5. The van der Waals surface area contributed by atoms with Crippen LogP contribution in [0.3, 0.4) is 0 Å². The zero-order valence-corrected chi connectivity index (χ0v) is 24.9. The van der Waals surface area contributed by atoms with E-state index in [4.69, 9.17) is 35.9 Å². The maximum Gasteiger partial charge on any atom is 0.406 e. The molecule has 1 saturated heterocycles. The van der Waals surface area contributed by atoms with Crippen molar-refractivity contribution < 1.29 is 42.2 Å². The fraction of sp³-hybridized carbons (Fsp3) is 0.727. The summed E-state index contributed by atoms with van der Waals surface area (Å²) in [7, 11) is -4.33. The number of esters is 1. The molecule has 0 radical (unpaired) electrons. The van der Waals surface area contributed by atoms with E-state index in [1.165, 1.54) is 13.0 Å². The second kappa shape index (κ2) is 13.4. The van der Waals surface area contributed by atoms with E-state index in [0.717, 1.165) is 18.0 Å². The second-order valence-corrected chi connectivity index (χ2v) is 13.5. The van der Waals surface area contributed by atoms with Gasteiger partial charge in [-0.2, -0.15) is 4.98 Å². The zero-order chi connectivity index (χ0) is 29.8. The first kappa shape index (κ1) is 33.6. The van der Waals surface area contributed by atoms with Gasteiger partial charge in [0.05, 0.1) is 19.3 Å². The number of halogens is 2. The number of nitrogens with one attached hydrogen (secondary N) is 1. The van der Waals surface area contributed by atoms with Gasteiger partial charge < -0.3 is 20.3 Å². The van der Waals surface area contributed by atoms with Gasteiger partial charge in [0.2, 0.25) is 0 Å². The van der Waals surface area contributed by atoms with Crippen molar-refractivity contribution in [3.05, 3.63) is 22.7 Å². The number of alkyl halides is 2. The van der Waals surface area contributed by atoms with Crippen molar-refractivity contribution in [2.75, 3.05) is 24.7 Å². The molecule has 0 aromatic carbocycles. The third kappa shape index (κ3) is 9.22. The van der Waals surface area contributed by atoms with Crippen LogP contribution in [0.4, 0.5) is 10.2 Å². The highest BCUT2D eigenvalue weighted by molar-refractivity contribution is 8.13. The molecule has 0 saturated carbocycles. The van der Waals surface area contributed by atoms with Crippen LogP contribution in [0, 0.1) is 5.41 Å². The van der Waals surface area contributed by atoms with E-state index in [1.807, 2.05) is 0 Å². The topological polar surface area (TPSA) is 181 Å². The van der Waals surface area contributed by atoms with Gasteiger partial charge in [-0.05, 0) is 26.8 Å². The number of aliphatic hydroxyl groups is 1. The molecule has 13 nitrogen and oxygen atoms in total. The molecule has 0 bridgehead atoms. The van der Waals surface area contributed by atoms with Crippen molar-refractivity contribution in [2.24, 2.45) is 5.41 Å². The number of nitrogens with two attached hydrogens (primary N) is 1. The number of thioether (sulfide) groups is 1. The number of nitrogen functional groups attached to an aromatic ring is 1. The van der Waals surface area contributed by atoms with Crippen LogP contribution in [-0.4, -0.2) is 74.2 Å². The fourth-order valence-electron chi connectivity index (χ4n) is 3.13. The molecular formula is C22H35ClFN4O9PS.